The van der Waals surface area contributed by atoms with Crippen molar-refractivity contribution >= 4 is 41.3 Å². The molecule has 1 fully saturated rings. The van der Waals surface area contributed by atoms with Crippen molar-refractivity contribution in [3.8, 4) is 0 Å². The molecule has 3 heterocycles. The summed E-state index contributed by atoms with van der Waals surface area (Å²) in [5, 5.41) is 11.4. The number of aryl methyl sites for hydroxylation is 1. The molecule has 2 aromatic rings. The summed E-state index contributed by atoms with van der Waals surface area (Å²) in [4.78, 5) is 17.0. The standard InChI is InChI=1S/C15H23N7S.HI/c1-3-16-15(18-9-13-17-8-11(2)23-13)22-6-4-12(5-7-22)14-19-10-20-21-14;/h8,10,12H,3-7,9H2,1-2H3,(H,16,18)(H,19,20,21);1H. The second kappa shape index (κ2) is 9.30. The molecule has 1 aliphatic heterocycles. The summed E-state index contributed by atoms with van der Waals surface area (Å²) < 4.78 is 0. The molecule has 7 nitrogen and oxygen atoms in total. The Morgan fingerprint density at radius 3 is 2.79 bits per heavy atom. The van der Waals surface area contributed by atoms with Crippen molar-refractivity contribution in [1.82, 2.24) is 30.4 Å². The van der Waals surface area contributed by atoms with Crippen molar-refractivity contribution in [1.29, 1.82) is 0 Å². The van der Waals surface area contributed by atoms with Crippen LogP contribution in [-0.4, -0.2) is 50.7 Å². The van der Waals surface area contributed by atoms with E-state index in [4.69, 9.17) is 4.99 Å². The van der Waals surface area contributed by atoms with Crippen LogP contribution >= 0.6 is 35.3 Å². The van der Waals surface area contributed by atoms with E-state index in [0.29, 0.717) is 12.5 Å². The lowest BCUT2D eigenvalue weighted by atomic mass is 9.96. The van der Waals surface area contributed by atoms with E-state index < -0.39 is 0 Å². The predicted molar refractivity (Wildman–Crippen MR) is 107 cm³/mol. The molecule has 0 unspecified atom stereocenters. The van der Waals surface area contributed by atoms with Gasteiger partial charge in [-0.3, -0.25) is 5.10 Å². The number of thiazole rings is 1. The molecule has 0 atom stereocenters. The monoisotopic (exact) mass is 461 g/mol. The zero-order valence-corrected chi connectivity index (χ0v) is 17.2. The largest absolute Gasteiger partial charge is 0.357 e. The number of hydrogen-bond donors (Lipinski definition) is 2. The quantitative estimate of drug-likeness (QED) is 0.416. The lowest BCUT2D eigenvalue weighted by Crippen LogP contribution is -2.45. The molecule has 1 saturated heterocycles. The van der Waals surface area contributed by atoms with Gasteiger partial charge in [-0.15, -0.1) is 35.3 Å². The Kier molecular flexibility index (Phi) is 7.40. The summed E-state index contributed by atoms with van der Waals surface area (Å²) in [5.74, 6) is 2.46. The van der Waals surface area contributed by atoms with Gasteiger partial charge in [0.1, 0.15) is 17.2 Å². The Morgan fingerprint density at radius 1 is 1.42 bits per heavy atom. The van der Waals surface area contributed by atoms with Crippen molar-refractivity contribution < 1.29 is 0 Å². The third-order valence-corrected chi connectivity index (χ3v) is 4.88. The van der Waals surface area contributed by atoms with Gasteiger partial charge in [0, 0.05) is 36.6 Å². The highest BCUT2D eigenvalue weighted by Gasteiger charge is 2.24. The van der Waals surface area contributed by atoms with E-state index in [-0.39, 0.29) is 24.0 Å². The minimum Gasteiger partial charge on any atom is -0.357 e. The highest BCUT2D eigenvalue weighted by Crippen LogP contribution is 2.25. The lowest BCUT2D eigenvalue weighted by Gasteiger charge is -2.33. The maximum absolute atomic E-state index is 4.75. The van der Waals surface area contributed by atoms with Crippen molar-refractivity contribution in [3.05, 3.63) is 28.2 Å². The van der Waals surface area contributed by atoms with Gasteiger partial charge >= 0.3 is 0 Å². The number of aromatic nitrogens is 4. The van der Waals surface area contributed by atoms with Crippen LogP contribution in [0.15, 0.2) is 17.5 Å². The number of H-pyrrole nitrogens is 1. The van der Waals surface area contributed by atoms with Gasteiger partial charge in [-0.25, -0.2) is 15.0 Å². The number of aliphatic imine (C=N–C) groups is 1. The van der Waals surface area contributed by atoms with Gasteiger partial charge in [-0.1, -0.05) is 0 Å². The van der Waals surface area contributed by atoms with Crippen LogP contribution in [0, 0.1) is 6.92 Å². The van der Waals surface area contributed by atoms with Crippen molar-refractivity contribution in [2.45, 2.75) is 39.2 Å². The minimum absolute atomic E-state index is 0. The summed E-state index contributed by atoms with van der Waals surface area (Å²) in [6.07, 6.45) is 5.63. The molecular formula is C15H24IN7S. The van der Waals surface area contributed by atoms with Crippen molar-refractivity contribution in [2.24, 2.45) is 4.99 Å². The zero-order chi connectivity index (χ0) is 16.1. The fourth-order valence-electron chi connectivity index (χ4n) is 2.82. The van der Waals surface area contributed by atoms with Gasteiger partial charge in [-0.2, -0.15) is 5.10 Å². The Morgan fingerprint density at radius 2 is 2.21 bits per heavy atom. The summed E-state index contributed by atoms with van der Waals surface area (Å²) in [5.41, 5.74) is 0. The van der Waals surface area contributed by atoms with Crippen LogP contribution in [0.25, 0.3) is 0 Å². The highest BCUT2D eigenvalue weighted by atomic mass is 127. The van der Waals surface area contributed by atoms with Gasteiger partial charge < -0.3 is 10.2 Å². The van der Waals surface area contributed by atoms with Crippen molar-refractivity contribution in [2.75, 3.05) is 19.6 Å². The van der Waals surface area contributed by atoms with Crippen LogP contribution in [-0.2, 0) is 6.54 Å². The first-order chi connectivity index (χ1) is 11.3. The van der Waals surface area contributed by atoms with Crippen molar-refractivity contribution in [3.63, 3.8) is 0 Å². The number of hydrogen-bond acceptors (Lipinski definition) is 5. The average Bonchev–Trinajstić information content (AvgIpc) is 3.23. The second-order valence-electron chi connectivity index (χ2n) is 5.67. The molecule has 0 amide bonds. The molecule has 1 aliphatic rings. The van der Waals surface area contributed by atoms with Gasteiger partial charge in [0.05, 0.1) is 6.54 Å². The molecule has 2 N–H and O–H groups in total. The topological polar surface area (TPSA) is 82.1 Å². The molecule has 0 aliphatic carbocycles. The molecule has 3 rings (SSSR count). The molecule has 0 saturated carbocycles. The molecule has 132 valence electrons. The minimum atomic E-state index is 0. The molecule has 0 radical (unpaired) electrons. The Bertz CT molecular complexity index is 632. The van der Waals surface area contributed by atoms with E-state index in [0.717, 1.165) is 49.3 Å². The van der Waals surface area contributed by atoms with Crippen LogP contribution in [0.4, 0.5) is 0 Å². The van der Waals surface area contributed by atoms with Crippen LogP contribution in [0.5, 0.6) is 0 Å². The molecule has 2 aromatic heterocycles. The summed E-state index contributed by atoms with van der Waals surface area (Å²) in [6, 6.07) is 0. The maximum Gasteiger partial charge on any atom is 0.194 e. The Balaban J connectivity index is 0.00000208. The average molecular weight is 461 g/mol. The van der Waals surface area contributed by atoms with E-state index in [9.17, 15) is 0 Å². The number of guanidine groups is 1. The number of nitrogens with one attached hydrogen (secondary N) is 2. The second-order valence-corrected chi connectivity index (χ2v) is 6.99. The fraction of sp³-hybridized carbons (Fsp3) is 0.600. The number of halogens is 1. The summed E-state index contributed by atoms with van der Waals surface area (Å²) in [6.45, 7) is 7.65. The third-order valence-electron chi connectivity index (χ3n) is 3.98. The molecule has 0 bridgehead atoms. The maximum atomic E-state index is 4.75. The summed E-state index contributed by atoms with van der Waals surface area (Å²) >= 11 is 1.71. The van der Waals surface area contributed by atoms with Crippen LogP contribution in [0.3, 0.4) is 0 Å². The zero-order valence-electron chi connectivity index (χ0n) is 14.0. The van der Waals surface area contributed by atoms with E-state index in [1.807, 2.05) is 6.20 Å². The first-order valence-electron chi connectivity index (χ1n) is 8.06. The fourth-order valence-corrected chi connectivity index (χ4v) is 3.53. The van der Waals surface area contributed by atoms with E-state index in [1.165, 1.54) is 4.88 Å². The molecule has 0 spiro atoms. The normalized spacial score (nSPS) is 16.1. The van der Waals surface area contributed by atoms with Crippen LogP contribution in [0.2, 0.25) is 0 Å². The number of rotatable bonds is 4. The number of piperidine rings is 1. The smallest absolute Gasteiger partial charge is 0.194 e. The van der Waals surface area contributed by atoms with Gasteiger partial charge in [-0.05, 0) is 26.7 Å². The Labute approximate surface area is 163 Å². The van der Waals surface area contributed by atoms with Crippen LogP contribution in [0.1, 0.15) is 41.4 Å². The number of likely N-dealkylation sites (tertiary alicyclic amines) is 1. The lowest BCUT2D eigenvalue weighted by molar-refractivity contribution is 0.299. The van der Waals surface area contributed by atoms with Gasteiger partial charge in [0.2, 0.25) is 0 Å². The number of aromatic amines is 1. The van der Waals surface area contributed by atoms with Gasteiger partial charge in [0.15, 0.2) is 5.96 Å². The van der Waals surface area contributed by atoms with Crippen LogP contribution < -0.4 is 5.32 Å². The predicted octanol–water partition coefficient (Wildman–Crippen LogP) is 2.53. The van der Waals surface area contributed by atoms with E-state index in [1.54, 1.807) is 17.7 Å². The van der Waals surface area contributed by atoms with E-state index in [2.05, 4.69) is 44.2 Å². The highest BCUT2D eigenvalue weighted by molar-refractivity contribution is 14.0. The van der Waals surface area contributed by atoms with E-state index >= 15 is 0 Å². The first-order valence-corrected chi connectivity index (χ1v) is 8.87. The summed E-state index contributed by atoms with van der Waals surface area (Å²) in [7, 11) is 0. The molecule has 0 aromatic carbocycles. The third kappa shape index (κ3) is 4.88. The first kappa shape index (κ1) is 19.1. The molecular weight excluding hydrogens is 437 g/mol. The molecule has 24 heavy (non-hydrogen) atoms. The molecule has 9 heteroatoms. The number of nitrogens with zero attached hydrogens (tertiary/aromatic N) is 5. The van der Waals surface area contributed by atoms with Gasteiger partial charge in [0.25, 0.3) is 0 Å². The Hall–Kier alpha value is -1.23. The SMILES string of the molecule is CCNC(=NCc1ncc(C)s1)N1CCC(c2ncn[nH]2)CC1.I.